The maximum Gasteiger partial charge on any atom is 0.222 e. The highest BCUT2D eigenvalue weighted by molar-refractivity contribution is 5.76. The second kappa shape index (κ2) is 53.0. The van der Waals surface area contributed by atoms with E-state index >= 15 is 0 Å². The molecule has 0 aromatic heterocycles. The van der Waals surface area contributed by atoms with Crippen molar-refractivity contribution < 1.29 is 20.1 Å². The zero-order chi connectivity index (χ0) is 45.1. The van der Waals surface area contributed by atoms with Crippen LogP contribution in [-0.2, 0) is 4.79 Å². The number of carbonyl (C=O) groups excluding carboxylic acids is 1. The quantitative estimate of drug-likeness (QED) is 0.0458. The number of hydrogen-bond donors (Lipinski definition) is 4. The van der Waals surface area contributed by atoms with Gasteiger partial charge >= 0.3 is 0 Å². The highest BCUT2D eigenvalue weighted by atomic mass is 16.3. The third-order valence-corrected chi connectivity index (χ3v) is 13.9. The number of nitrogens with one attached hydrogen (secondary N) is 1. The first kappa shape index (κ1) is 61.4. The van der Waals surface area contributed by atoms with E-state index in [-0.39, 0.29) is 18.9 Å². The fraction of sp³-hybridized carbons (Fsp3) is 0.982. The molecule has 0 saturated heterocycles. The predicted octanol–water partition coefficient (Wildman–Crippen LogP) is 17.7. The average molecular weight is 879 g/mol. The normalized spacial score (nSPS) is 13.2. The van der Waals surface area contributed by atoms with Crippen molar-refractivity contribution in [2.24, 2.45) is 0 Å². The van der Waals surface area contributed by atoms with Crippen molar-refractivity contribution in [3.05, 3.63) is 0 Å². The summed E-state index contributed by atoms with van der Waals surface area (Å²) >= 11 is 0. The minimum Gasteiger partial charge on any atom is -0.394 e. The summed E-state index contributed by atoms with van der Waals surface area (Å²) in [6, 6.07) is -0.653. The molecule has 0 spiro atoms. The fourth-order valence-corrected chi connectivity index (χ4v) is 9.53. The minimum absolute atomic E-state index is 0.0435. The first-order valence-corrected chi connectivity index (χ1v) is 28.8. The maximum atomic E-state index is 12.5. The van der Waals surface area contributed by atoms with E-state index in [2.05, 4.69) is 19.2 Å². The standard InChI is InChI=1S/C57H115NO4/c1-3-5-7-9-11-13-15-17-19-21-22-23-24-25-26-27-28-29-30-31-32-33-34-35-36-38-40-42-44-46-48-50-54(60)52-57(62)58-55(53-59)56(61)51-49-47-45-43-41-39-37-20-18-16-14-12-10-8-6-4-2/h54-56,59-61H,3-53H2,1-2H3,(H,58,62). The van der Waals surface area contributed by atoms with Crippen LogP contribution in [0.5, 0.6) is 0 Å². The van der Waals surface area contributed by atoms with E-state index in [0.717, 1.165) is 25.7 Å². The summed E-state index contributed by atoms with van der Waals surface area (Å²) in [6.45, 7) is 4.30. The van der Waals surface area contributed by atoms with Crippen LogP contribution < -0.4 is 5.32 Å². The van der Waals surface area contributed by atoms with Crippen LogP contribution in [0.1, 0.15) is 335 Å². The summed E-state index contributed by atoms with van der Waals surface area (Å²) < 4.78 is 0. The molecule has 0 radical (unpaired) electrons. The Hall–Kier alpha value is -0.650. The number of aliphatic hydroxyl groups excluding tert-OH is 3. The first-order valence-electron chi connectivity index (χ1n) is 28.8. The molecule has 5 nitrogen and oxygen atoms in total. The molecule has 0 heterocycles. The number of aliphatic hydroxyl groups is 3. The van der Waals surface area contributed by atoms with Crippen LogP contribution in [0.15, 0.2) is 0 Å². The molecule has 5 heteroatoms. The molecular weight excluding hydrogens is 763 g/mol. The summed E-state index contributed by atoms with van der Waals surface area (Å²) in [5.41, 5.74) is 0. The Kier molecular flexibility index (Phi) is 52.4. The van der Waals surface area contributed by atoms with E-state index < -0.39 is 18.2 Å². The smallest absolute Gasteiger partial charge is 0.222 e. The third-order valence-electron chi connectivity index (χ3n) is 13.9. The molecular formula is C57H115NO4. The number of rotatable bonds is 54. The van der Waals surface area contributed by atoms with Gasteiger partial charge in [-0.2, -0.15) is 0 Å². The van der Waals surface area contributed by atoms with Gasteiger partial charge < -0.3 is 20.6 Å². The molecule has 0 aliphatic carbocycles. The summed E-state index contributed by atoms with van der Waals surface area (Å²) in [5, 5.41) is 33.6. The van der Waals surface area contributed by atoms with Gasteiger partial charge in [0.25, 0.3) is 0 Å². The number of unbranched alkanes of at least 4 members (excludes halogenated alkanes) is 45. The van der Waals surface area contributed by atoms with Gasteiger partial charge in [0.15, 0.2) is 0 Å². The van der Waals surface area contributed by atoms with Gasteiger partial charge in [0, 0.05) is 0 Å². The SMILES string of the molecule is CCCCCCCCCCCCCCCCCCCCCCCCCCCCCCCCCC(O)CC(=O)NC(CO)C(O)CCCCCCCCCCCCCCCCCC. The van der Waals surface area contributed by atoms with Crippen LogP contribution in [0.3, 0.4) is 0 Å². The molecule has 0 saturated carbocycles. The Morgan fingerprint density at radius 3 is 0.774 bits per heavy atom. The molecule has 3 atom stereocenters. The van der Waals surface area contributed by atoms with Crippen molar-refractivity contribution in [3.8, 4) is 0 Å². The average Bonchev–Trinajstić information content (AvgIpc) is 3.27. The number of hydrogen-bond acceptors (Lipinski definition) is 4. The van der Waals surface area contributed by atoms with Gasteiger partial charge in [0.2, 0.25) is 5.91 Å². The Morgan fingerprint density at radius 1 is 0.339 bits per heavy atom. The highest BCUT2D eigenvalue weighted by Gasteiger charge is 2.21. The second-order valence-corrected chi connectivity index (χ2v) is 20.3. The van der Waals surface area contributed by atoms with Crippen molar-refractivity contribution in [1.82, 2.24) is 5.32 Å². The van der Waals surface area contributed by atoms with Gasteiger partial charge in [-0.1, -0.05) is 316 Å². The molecule has 0 aromatic carbocycles. The van der Waals surface area contributed by atoms with Gasteiger partial charge in [-0.15, -0.1) is 0 Å². The molecule has 0 aliphatic rings. The molecule has 372 valence electrons. The van der Waals surface area contributed by atoms with Crippen molar-refractivity contribution in [2.45, 2.75) is 353 Å². The Bertz CT molecular complexity index is 838. The van der Waals surface area contributed by atoms with Crippen LogP contribution in [0.4, 0.5) is 0 Å². The predicted molar refractivity (Wildman–Crippen MR) is 273 cm³/mol. The fourth-order valence-electron chi connectivity index (χ4n) is 9.53. The van der Waals surface area contributed by atoms with Crippen LogP contribution in [0.25, 0.3) is 0 Å². The molecule has 0 aliphatic heterocycles. The van der Waals surface area contributed by atoms with Crippen LogP contribution in [-0.4, -0.2) is 46.1 Å². The monoisotopic (exact) mass is 878 g/mol. The van der Waals surface area contributed by atoms with Gasteiger partial charge in [-0.05, 0) is 12.8 Å². The molecule has 62 heavy (non-hydrogen) atoms. The summed E-state index contributed by atoms with van der Waals surface area (Å²) in [7, 11) is 0. The second-order valence-electron chi connectivity index (χ2n) is 20.3. The topological polar surface area (TPSA) is 89.8 Å². The molecule has 1 amide bonds. The molecule has 4 N–H and O–H groups in total. The van der Waals surface area contributed by atoms with E-state index in [4.69, 9.17) is 0 Å². The van der Waals surface area contributed by atoms with Crippen LogP contribution in [0.2, 0.25) is 0 Å². The Morgan fingerprint density at radius 2 is 0.548 bits per heavy atom. The third kappa shape index (κ3) is 48.8. The Balaban J connectivity index is 3.44. The lowest BCUT2D eigenvalue weighted by atomic mass is 10.0. The van der Waals surface area contributed by atoms with E-state index in [0.29, 0.717) is 12.8 Å². The number of carbonyl (C=O) groups is 1. The molecule has 0 fully saturated rings. The maximum absolute atomic E-state index is 12.5. The number of amides is 1. The van der Waals surface area contributed by atoms with E-state index in [1.165, 1.54) is 276 Å². The van der Waals surface area contributed by atoms with E-state index in [1.807, 2.05) is 0 Å². The van der Waals surface area contributed by atoms with Gasteiger partial charge in [-0.3, -0.25) is 4.79 Å². The molecule has 0 aromatic rings. The minimum atomic E-state index is -0.745. The summed E-state index contributed by atoms with van der Waals surface area (Å²) in [6.07, 6.45) is 64.2. The lowest BCUT2D eigenvalue weighted by molar-refractivity contribution is -0.125. The van der Waals surface area contributed by atoms with Crippen molar-refractivity contribution >= 4 is 5.91 Å². The molecule has 0 rings (SSSR count). The lowest BCUT2D eigenvalue weighted by Crippen LogP contribution is -2.46. The van der Waals surface area contributed by atoms with Crippen molar-refractivity contribution in [3.63, 3.8) is 0 Å². The van der Waals surface area contributed by atoms with E-state index in [1.54, 1.807) is 0 Å². The summed E-state index contributed by atoms with van der Waals surface area (Å²) in [4.78, 5) is 12.5. The van der Waals surface area contributed by atoms with Gasteiger partial charge in [0.05, 0.1) is 31.3 Å². The van der Waals surface area contributed by atoms with E-state index in [9.17, 15) is 20.1 Å². The first-order chi connectivity index (χ1) is 30.5. The summed E-state index contributed by atoms with van der Waals surface area (Å²) in [5.74, 6) is -0.275. The van der Waals surface area contributed by atoms with Crippen LogP contribution >= 0.6 is 0 Å². The molecule has 0 bridgehead atoms. The highest BCUT2D eigenvalue weighted by Crippen LogP contribution is 2.19. The molecule has 3 unspecified atom stereocenters. The van der Waals surface area contributed by atoms with Gasteiger partial charge in [0.1, 0.15) is 0 Å². The van der Waals surface area contributed by atoms with Crippen molar-refractivity contribution in [2.75, 3.05) is 6.61 Å². The largest absolute Gasteiger partial charge is 0.394 e. The zero-order valence-electron chi connectivity index (χ0n) is 42.5. The van der Waals surface area contributed by atoms with Gasteiger partial charge in [-0.25, -0.2) is 0 Å². The lowest BCUT2D eigenvalue weighted by Gasteiger charge is -2.23. The zero-order valence-corrected chi connectivity index (χ0v) is 42.5. The van der Waals surface area contributed by atoms with Crippen LogP contribution in [0, 0.1) is 0 Å². The van der Waals surface area contributed by atoms with Crippen molar-refractivity contribution in [1.29, 1.82) is 0 Å². The Labute approximate surface area is 389 Å².